The molecule has 4 rings (SSSR count). The minimum absolute atomic E-state index is 0.641. The van der Waals surface area contributed by atoms with E-state index in [9.17, 15) is 0 Å². The SMILES string of the molecule is C#CCC[n+]1c(-c2ccccc2)c2cc(N)ccc2c2ccc(N)cc21. The van der Waals surface area contributed by atoms with Gasteiger partial charge in [0.1, 0.15) is 0 Å². The molecule has 0 radical (unpaired) electrons. The molecule has 0 spiro atoms. The highest BCUT2D eigenvalue weighted by molar-refractivity contribution is 6.10. The fourth-order valence-electron chi connectivity index (χ4n) is 3.57. The second-order valence-electron chi connectivity index (χ2n) is 6.40. The number of aromatic nitrogens is 1. The van der Waals surface area contributed by atoms with Crippen LogP contribution in [0.1, 0.15) is 6.42 Å². The Bertz CT molecular complexity index is 1160. The molecular formula is C23H20N3+. The van der Waals surface area contributed by atoms with Crippen LogP contribution in [-0.4, -0.2) is 0 Å². The van der Waals surface area contributed by atoms with E-state index < -0.39 is 0 Å². The van der Waals surface area contributed by atoms with Gasteiger partial charge in [0.2, 0.25) is 11.2 Å². The number of aryl methyl sites for hydroxylation is 1. The summed E-state index contributed by atoms with van der Waals surface area (Å²) in [5.41, 5.74) is 17.0. The second kappa shape index (κ2) is 6.42. The molecule has 1 aromatic heterocycles. The van der Waals surface area contributed by atoms with E-state index in [1.165, 1.54) is 0 Å². The monoisotopic (exact) mass is 338 g/mol. The molecule has 0 saturated heterocycles. The van der Waals surface area contributed by atoms with Gasteiger partial charge in [-0.1, -0.05) is 24.3 Å². The highest BCUT2D eigenvalue weighted by Gasteiger charge is 2.23. The van der Waals surface area contributed by atoms with Gasteiger partial charge in [-0.05, 0) is 36.4 Å². The number of nitrogen functional groups attached to an aromatic ring is 2. The minimum atomic E-state index is 0.641. The molecule has 0 aliphatic rings. The van der Waals surface area contributed by atoms with Gasteiger partial charge in [-0.3, -0.25) is 0 Å². The quantitative estimate of drug-likeness (QED) is 0.255. The zero-order chi connectivity index (χ0) is 18.1. The van der Waals surface area contributed by atoms with Gasteiger partial charge in [0, 0.05) is 28.4 Å². The Morgan fingerprint density at radius 1 is 0.808 bits per heavy atom. The summed E-state index contributed by atoms with van der Waals surface area (Å²) >= 11 is 0. The van der Waals surface area contributed by atoms with Crippen molar-refractivity contribution in [2.45, 2.75) is 13.0 Å². The number of pyridine rings is 1. The number of terminal acetylenes is 1. The van der Waals surface area contributed by atoms with Crippen molar-refractivity contribution < 1.29 is 4.57 Å². The van der Waals surface area contributed by atoms with Crippen LogP contribution in [-0.2, 0) is 6.54 Å². The number of rotatable bonds is 3. The molecule has 0 atom stereocenters. The Kier molecular flexibility index (Phi) is 3.95. The normalized spacial score (nSPS) is 10.9. The van der Waals surface area contributed by atoms with Gasteiger partial charge in [-0.15, -0.1) is 12.3 Å². The van der Waals surface area contributed by atoms with Crippen molar-refractivity contribution in [3.05, 3.63) is 66.7 Å². The summed E-state index contributed by atoms with van der Waals surface area (Å²) in [4.78, 5) is 0. The van der Waals surface area contributed by atoms with Crippen LogP contribution < -0.4 is 16.0 Å². The predicted octanol–water partition coefficient (Wildman–Crippen LogP) is 4.14. The molecule has 4 N–H and O–H groups in total. The zero-order valence-corrected chi connectivity index (χ0v) is 14.4. The number of fused-ring (bicyclic) bond motifs is 3. The topological polar surface area (TPSA) is 55.9 Å². The van der Waals surface area contributed by atoms with E-state index in [4.69, 9.17) is 17.9 Å². The van der Waals surface area contributed by atoms with Gasteiger partial charge in [0.25, 0.3) is 0 Å². The van der Waals surface area contributed by atoms with E-state index in [1.807, 2.05) is 42.5 Å². The fraction of sp³-hybridized carbons (Fsp3) is 0.0870. The molecule has 0 unspecified atom stereocenters. The van der Waals surface area contributed by atoms with Crippen molar-refractivity contribution in [1.82, 2.24) is 0 Å². The number of hydrogen-bond donors (Lipinski definition) is 2. The van der Waals surface area contributed by atoms with Crippen LogP contribution >= 0.6 is 0 Å². The smallest absolute Gasteiger partial charge is 0.221 e. The molecule has 0 aliphatic carbocycles. The van der Waals surface area contributed by atoms with E-state index in [1.54, 1.807) is 0 Å². The molecule has 0 aliphatic heterocycles. The Hall–Kier alpha value is -3.51. The van der Waals surface area contributed by atoms with Crippen molar-refractivity contribution in [2.75, 3.05) is 11.5 Å². The van der Waals surface area contributed by atoms with Gasteiger partial charge < -0.3 is 11.5 Å². The second-order valence-corrected chi connectivity index (χ2v) is 6.40. The maximum atomic E-state index is 6.13. The highest BCUT2D eigenvalue weighted by atomic mass is 15.0. The lowest BCUT2D eigenvalue weighted by atomic mass is 9.98. The zero-order valence-electron chi connectivity index (χ0n) is 14.4. The minimum Gasteiger partial charge on any atom is -0.399 e. The Morgan fingerprint density at radius 3 is 2.23 bits per heavy atom. The van der Waals surface area contributed by atoms with Gasteiger partial charge in [-0.25, -0.2) is 0 Å². The fourth-order valence-corrected chi connectivity index (χ4v) is 3.57. The van der Waals surface area contributed by atoms with E-state index >= 15 is 0 Å². The van der Waals surface area contributed by atoms with Gasteiger partial charge in [0.15, 0.2) is 6.54 Å². The van der Waals surface area contributed by atoms with Crippen molar-refractivity contribution >= 4 is 33.1 Å². The van der Waals surface area contributed by atoms with Crippen LogP contribution in [0.2, 0.25) is 0 Å². The van der Waals surface area contributed by atoms with Crippen molar-refractivity contribution in [3.63, 3.8) is 0 Å². The van der Waals surface area contributed by atoms with E-state index in [0.717, 1.165) is 44.3 Å². The van der Waals surface area contributed by atoms with E-state index in [2.05, 4.69) is 34.8 Å². The summed E-state index contributed by atoms with van der Waals surface area (Å²) in [5, 5.41) is 3.42. The molecule has 0 amide bonds. The molecule has 0 bridgehead atoms. The van der Waals surface area contributed by atoms with E-state index in [0.29, 0.717) is 13.0 Å². The number of nitrogens with zero attached hydrogens (tertiary/aromatic N) is 1. The first kappa shape index (κ1) is 16.0. The third-order valence-electron chi connectivity index (χ3n) is 4.70. The average Bonchev–Trinajstić information content (AvgIpc) is 2.66. The van der Waals surface area contributed by atoms with Crippen molar-refractivity contribution in [3.8, 4) is 23.6 Å². The average molecular weight is 338 g/mol. The molecular weight excluding hydrogens is 318 g/mol. The molecule has 1 heterocycles. The third-order valence-corrected chi connectivity index (χ3v) is 4.70. The number of hydrogen-bond acceptors (Lipinski definition) is 2. The maximum Gasteiger partial charge on any atom is 0.221 e. The van der Waals surface area contributed by atoms with Gasteiger partial charge in [0.05, 0.1) is 17.2 Å². The molecule has 3 nitrogen and oxygen atoms in total. The standard InChI is InChI=1S/C23H19N3/c1-2-3-13-26-22-15-18(25)10-12-20(22)19-11-9-17(24)14-21(19)23(26)16-7-5-4-6-8-16/h1,4-12,14-15,25H,3,13,24H2/p+1. The summed E-state index contributed by atoms with van der Waals surface area (Å²) in [6, 6.07) is 22.4. The first-order chi connectivity index (χ1) is 12.7. The van der Waals surface area contributed by atoms with Crippen molar-refractivity contribution in [1.29, 1.82) is 0 Å². The largest absolute Gasteiger partial charge is 0.399 e. The third kappa shape index (κ3) is 2.62. The maximum absolute atomic E-state index is 6.13. The number of anilines is 2. The molecule has 26 heavy (non-hydrogen) atoms. The molecule has 126 valence electrons. The molecule has 3 heteroatoms. The Labute approximate surface area is 152 Å². The van der Waals surface area contributed by atoms with Crippen LogP contribution in [0.3, 0.4) is 0 Å². The van der Waals surface area contributed by atoms with Crippen LogP contribution in [0.4, 0.5) is 11.4 Å². The lowest BCUT2D eigenvalue weighted by Gasteiger charge is -2.12. The lowest BCUT2D eigenvalue weighted by molar-refractivity contribution is -0.658. The summed E-state index contributed by atoms with van der Waals surface area (Å²) in [5.74, 6) is 2.76. The molecule has 4 aromatic rings. The first-order valence-electron chi connectivity index (χ1n) is 8.62. The number of benzene rings is 3. The van der Waals surface area contributed by atoms with Crippen molar-refractivity contribution in [2.24, 2.45) is 0 Å². The van der Waals surface area contributed by atoms with Gasteiger partial charge in [-0.2, -0.15) is 4.57 Å². The molecule has 0 saturated carbocycles. The van der Waals surface area contributed by atoms with E-state index in [-0.39, 0.29) is 0 Å². The number of nitrogens with two attached hydrogens (primary N) is 2. The predicted molar refractivity (Wildman–Crippen MR) is 109 cm³/mol. The van der Waals surface area contributed by atoms with Crippen LogP contribution in [0.25, 0.3) is 32.9 Å². The Morgan fingerprint density at radius 2 is 1.50 bits per heavy atom. The summed E-state index contributed by atoms with van der Waals surface area (Å²) in [7, 11) is 0. The molecule has 0 fully saturated rings. The van der Waals surface area contributed by atoms with Crippen LogP contribution in [0.5, 0.6) is 0 Å². The lowest BCUT2D eigenvalue weighted by Crippen LogP contribution is -2.37. The molecule has 3 aromatic carbocycles. The summed E-state index contributed by atoms with van der Waals surface area (Å²) in [6.45, 7) is 0.714. The highest BCUT2D eigenvalue weighted by Crippen LogP contribution is 2.33. The van der Waals surface area contributed by atoms with Gasteiger partial charge >= 0.3 is 0 Å². The summed E-state index contributed by atoms with van der Waals surface area (Å²) < 4.78 is 2.27. The summed E-state index contributed by atoms with van der Waals surface area (Å²) in [6.07, 6.45) is 6.21. The van der Waals surface area contributed by atoms with Crippen LogP contribution in [0, 0.1) is 12.3 Å². The first-order valence-corrected chi connectivity index (χ1v) is 8.62. The Balaban J connectivity index is 2.22. The van der Waals surface area contributed by atoms with Crippen LogP contribution in [0.15, 0.2) is 66.7 Å².